The quantitative estimate of drug-likeness (QED) is 0.195. The molecular formula is C35H39Cl2N5O7S. The zero-order valence-corrected chi connectivity index (χ0v) is 31.0. The first-order chi connectivity index (χ1) is 23.3. The van der Waals surface area contributed by atoms with Gasteiger partial charge in [-0.2, -0.15) is 0 Å². The Kier molecular flexibility index (Phi) is 10.4. The van der Waals surface area contributed by atoms with Crippen LogP contribution in [0.2, 0.25) is 10.0 Å². The number of pyridine rings is 1. The average Bonchev–Trinajstić information content (AvgIpc) is 3.45. The second-order valence-electron chi connectivity index (χ2n) is 13.8. The molecule has 0 bridgehead atoms. The Hall–Kier alpha value is -4.33. The van der Waals surface area contributed by atoms with Gasteiger partial charge >= 0.3 is 12.1 Å². The van der Waals surface area contributed by atoms with Crippen molar-refractivity contribution < 1.29 is 32.3 Å². The zero-order chi connectivity index (χ0) is 36.6. The van der Waals surface area contributed by atoms with E-state index in [0.717, 1.165) is 4.31 Å². The van der Waals surface area contributed by atoms with Crippen LogP contribution in [-0.2, 0) is 24.3 Å². The fourth-order valence-corrected chi connectivity index (χ4v) is 7.48. The van der Waals surface area contributed by atoms with Gasteiger partial charge in [0.15, 0.2) is 0 Å². The fourth-order valence-electron chi connectivity index (χ4n) is 5.35. The van der Waals surface area contributed by atoms with Gasteiger partial charge in [0.25, 0.3) is 15.9 Å². The van der Waals surface area contributed by atoms with E-state index < -0.39 is 39.8 Å². The Bertz CT molecular complexity index is 2030. The first-order valence-corrected chi connectivity index (χ1v) is 18.1. The second kappa shape index (κ2) is 14.1. The molecule has 50 heavy (non-hydrogen) atoms. The zero-order valence-electron chi connectivity index (χ0n) is 28.6. The average molecular weight is 745 g/mol. The van der Waals surface area contributed by atoms with Gasteiger partial charge in [0.1, 0.15) is 29.3 Å². The van der Waals surface area contributed by atoms with E-state index in [9.17, 15) is 22.8 Å². The van der Waals surface area contributed by atoms with E-state index in [-0.39, 0.29) is 32.2 Å². The van der Waals surface area contributed by atoms with Crippen LogP contribution in [0.15, 0.2) is 71.8 Å². The third-order valence-electron chi connectivity index (χ3n) is 7.50. The Labute approximate surface area is 301 Å². The van der Waals surface area contributed by atoms with Crippen molar-refractivity contribution in [3.05, 3.63) is 82.6 Å². The molecule has 3 heterocycles. The second-order valence-corrected chi connectivity index (χ2v) is 16.5. The van der Waals surface area contributed by atoms with Gasteiger partial charge in [-0.25, -0.2) is 18.2 Å². The lowest BCUT2D eigenvalue weighted by molar-refractivity contribution is -0.152. The number of ether oxygens (including phenoxy) is 2. The molecule has 0 atom stereocenters. The molecule has 0 spiro atoms. The van der Waals surface area contributed by atoms with Crippen molar-refractivity contribution in [2.24, 2.45) is 0 Å². The lowest BCUT2D eigenvalue weighted by atomic mass is 10.2. The van der Waals surface area contributed by atoms with Crippen LogP contribution in [0.1, 0.15) is 52.0 Å². The number of rotatable bonds is 7. The number of benzene rings is 2. The van der Waals surface area contributed by atoms with Gasteiger partial charge in [0, 0.05) is 47.8 Å². The Morgan fingerprint density at radius 1 is 0.820 bits per heavy atom. The minimum atomic E-state index is -4.33. The number of piperazine rings is 1. The topological polar surface area (TPSA) is 131 Å². The number of nitrogens with zero attached hydrogens (tertiary/aromatic N) is 5. The van der Waals surface area contributed by atoms with Gasteiger partial charge in [-0.15, -0.1) is 0 Å². The van der Waals surface area contributed by atoms with Crippen LogP contribution in [0.4, 0.5) is 10.5 Å². The first-order valence-electron chi connectivity index (χ1n) is 15.9. The maximum Gasteiger partial charge on any atom is 0.410 e. The SMILES string of the molecule is CC(C)(C)OC(=O)CN(c1ccc2c(ccn2-c2cccc(C(=O)N3CCN(C(=O)OC(C)(C)C)CC3)n2)c1)S(=O)(=O)c1cc(Cl)cc(Cl)c1. The normalized spacial score (nSPS) is 14.1. The van der Waals surface area contributed by atoms with Crippen LogP contribution in [0.3, 0.4) is 0 Å². The van der Waals surface area contributed by atoms with E-state index in [2.05, 4.69) is 4.98 Å². The molecule has 1 aliphatic heterocycles. The monoisotopic (exact) mass is 743 g/mol. The van der Waals surface area contributed by atoms with Crippen molar-refractivity contribution in [2.45, 2.75) is 57.6 Å². The van der Waals surface area contributed by atoms with Gasteiger partial charge in [0.2, 0.25) is 0 Å². The third kappa shape index (κ3) is 8.69. The van der Waals surface area contributed by atoms with Crippen molar-refractivity contribution in [2.75, 3.05) is 37.0 Å². The number of aromatic nitrogens is 2. The van der Waals surface area contributed by atoms with Crippen molar-refractivity contribution in [3.63, 3.8) is 0 Å². The number of sulfonamides is 1. The lowest BCUT2D eigenvalue weighted by Crippen LogP contribution is -2.51. The molecule has 0 saturated carbocycles. The molecule has 2 aromatic carbocycles. The Morgan fingerprint density at radius 3 is 2.06 bits per heavy atom. The number of anilines is 1. The van der Waals surface area contributed by atoms with E-state index in [1.165, 1.54) is 18.2 Å². The molecule has 0 radical (unpaired) electrons. The summed E-state index contributed by atoms with van der Waals surface area (Å²) in [5.74, 6) is -0.542. The highest BCUT2D eigenvalue weighted by Crippen LogP contribution is 2.31. The molecule has 5 rings (SSSR count). The largest absolute Gasteiger partial charge is 0.459 e. The molecule has 2 aromatic heterocycles. The van der Waals surface area contributed by atoms with Gasteiger partial charge in [-0.3, -0.25) is 13.9 Å². The van der Waals surface area contributed by atoms with E-state index in [4.69, 9.17) is 32.7 Å². The maximum atomic E-state index is 14.0. The summed E-state index contributed by atoms with van der Waals surface area (Å²) >= 11 is 12.3. The highest BCUT2D eigenvalue weighted by Gasteiger charge is 2.31. The highest BCUT2D eigenvalue weighted by atomic mass is 35.5. The summed E-state index contributed by atoms with van der Waals surface area (Å²) in [7, 11) is -4.33. The first kappa shape index (κ1) is 36.9. The summed E-state index contributed by atoms with van der Waals surface area (Å²) < 4.78 is 41.6. The molecule has 0 aliphatic carbocycles. The van der Waals surface area contributed by atoms with Crippen molar-refractivity contribution in [1.82, 2.24) is 19.4 Å². The predicted molar refractivity (Wildman–Crippen MR) is 192 cm³/mol. The van der Waals surface area contributed by atoms with Gasteiger partial charge in [0.05, 0.1) is 16.1 Å². The van der Waals surface area contributed by atoms with Gasteiger partial charge in [-0.05, 0) is 96.1 Å². The van der Waals surface area contributed by atoms with Crippen LogP contribution in [0.25, 0.3) is 16.7 Å². The number of esters is 1. The molecule has 0 N–H and O–H groups in total. The molecule has 0 unspecified atom stereocenters. The highest BCUT2D eigenvalue weighted by molar-refractivity contribution is 7.92. The van der Waals surface area contributed by atoms with E-state index in [1.54, 1.807) is 105 Å². The van der Waals surface area contributed by atoms with E-state index in [0.29, 0.717) is 42.9 Å². The minimum Gasteiger partial charge on any atom is -0.459 e. The van der Waals surface area contributed by atoms with Crippen LogP contribution in [-0.4, -0.2) is 89.7 Å². The smallest absolute Gasteiger partial charge is 0.410 e. The van der Waals surface area contributed by atoms with Crippen LogP contribution < -0.4 is 4.31 Å². The van der Waals surface area contributed by atoms with Crippen molar-refractivity contribution in [3.8, 4) is 5.82 Å². The standard InChI is InChI=1S/C35H39Cl2N5O7S/c1-34(2,3)48-31(43)22-42(50(46,47)27-20-24(36)19-25(37)21-27)26-10-11-29-23(18-26)12-13-41(29)30-9-7-8-28(38-30)32(44)39-14-16-40(17-15-39)33(45)49-35(4,5)6/h7-13,18-21H,14-17,22H2,1-6H3. The van der Waals surface area contributed by atoms with Crippen molar-refractivity contribution >= 4 is 67.8 Å². The third-order valence-corrected chi connectivity index (χ3v) is 9.69. The Morgan fingerprint density at radius 2 is 1.44 bits per heavy atom. The van der Waals surface area contributed by atoms with Crippen LogP contribution in [0, 0.1) is 0 Å². The maximum absolute atomic E-state index is 14.0. The number of fused-ring (bicyclic) bond motifs is 1. The summed E-state index contributed by atoms with van der Waals surface area (Å²) in [6.45, 7) is 11.3. The number of hydrogen-bond donors (Lipinski definition) is 0. The summed E-state index contributed by atoms with van der Waals surface area (Å²) in [5.41, 5.74) is -0.329. The summed E-state index contributed by atoms with van der Waals surface area (Å²) in [5, 5.41) is 0.891. The Balaban J connectivity index is 1.41. The fraction of sp³-hybridized carbons (Fsp3) is 0.371. The molecule has 1 saturated heterocycles. The van der Waals surface area contributed by atoms with E-state index >= 15 is 0 Å². The number of amides is 2. The molecule has 12 nitrogen and oxygen atoms in total. The number of hydrogen-bond acceptors (Lipinski definition) is 8. The van der Waals surface area contributed by atoms with Gasteiger partial charge in [-0.1, -0.05) is 29.3 Å². The molecule has 4 aromatic rings. The van der Waals surface area contributed by atoms with Gasteiger partial charge < -0.3 is 23.8 Å². The molecule has 266 valence electrons. The molecule has 1 aliphatic rings. The summed E-state index contributed by atoms with van der Waals surface area (Å²) in [4.78, 5) is 46.6. The summed E-state index contributed by atoms with van der Waals surface area (Å²) in [6, 6.07) is 15.8. The predicted octanol–water partition coefficient (Wildman–Crippen LogP) is 6.56. The molecule has 2 amide bonds. The molecule has 15 heteroatoms. The minimum absolute atomic E-state index is 0.122. The lowest BCUT2D eigenvalue weighted by Gasteiger charge is -2.35. The van der Waals surface area contributed by atoms with Crippen LogP contribution >= 0.6 is 23.2 Å². The summed E-state index contributed by atoms with van der Waals surface area (Å²) in [6.07, 6.45) is 1.35. The number of carbonyl (C=O) groups is 3. The van der Waals surface area contributed by atoms with Crippen LogP contribution in [0.5, 0.6) is 0 Å². The van der Waals surface area contributed by atoms with E-state index in [1.807, 2.05) is 0 Å². The van der Waals surface area contributed by atoms with Crippen molar-refractivity contribution in [1.29, 1.82) is 0 Å². The number of halogens is 2. The molecule has 1 fully saturated rings. The molecular weight excluding hydrogens is 705 g/mol. The number of carbonyl (C=O) groups excluding carboxylic acids is 3.